The van der Waals surface area contributed by atoms with Crippen LogP contribution in [0.5, 0.6) is 17.2 Å². The Labute approximate surface area is 264 Å². The van der Waals surface area contributed by atoms with Gasteiger partial charge in [-0.05, 0) is 41.6 Å². The van der Waals surface area contributed by atoms with Gasteiger partial charge in [0.1, 0.15) is 17.6 Å². The van der Waals surface area contributed by atoms with Crippen molar-refractivity contribution in [2.75, 3.05) is 31.3 Å². The van der Waals surface area contributed by atoms with Gasteiger partial charge in [0.25, 0.3) is 0 Å². The number of rotatable bonds is 5. The molecule has 46 heavy (non-hydrogen) atoms. The molecule has 2 unspecified atom stereocenters. The Morgan fingerprint density at radius 3 is 2.35 bits per heavy atom. The Morgan fingerprint density at radius 1 is 0.978 bits per heavy atom. The molecule has 0 bridgehead atoms. The lowest BCUT2D eigenvalue weighted by molar-refractivity contribution is -0.137. The summed E-state index contributed by atoms with van der Waals surface area (Å²) in [4.78, 5) is 36.3. The molecule has 11 nitrogen and oxygen atoms in total. The number of thioether (sulfide) groups is 1. The number of benzene rings is 5. The van der Waals surface area contributed by atoms with Crippen molar-refractivity contribution in [1.29, 1.82) is 0 Å². The lowest BCUT2D eigenvalue weighted by Gasteiger charge is -2.31. The van der Waals surface area contributed by atoms with E-state index in [9.17, 15) is 35.1 Å². The summed E-state index contributed by atoms with van der Waals surface area (Å²) in [6, 6.07) is 0.488. The fourth-order valence-electron chi connectivity index (χ4n) is 7.96. The maximum atomic E-state index is 13.5. The summed E-state index contributed by atoms with van der Waals surface area (Å²) in [6.45, 7) is 3.25. The molecule has 0 saturated carbocycles. The Kier molecular flexibility index (Phi) is 6.21. The fraction of sp³-hybridized carbons (Fsp3) is 0.294. The van der Waals surface area contributed by atoms with Crippen LogP contribution in [0.2, 0.25) is 0 Å². The average molecular weight is 640 g/mol. The number of ether oxygens (including phenoxy) is 1. The van der Waals surface area contributed by atoms with Gasteiger partial charge in [-0.2, -0.15) is 0 Å². The molecule has 0 amide bonds. The first-order valence-corrected chi connectivity index (χ1v) is 15.8. The number of hydrogen-bond donors (Lipinski definition) is 6. The molecule has 12 heteroatoms. The molecule has 0 fully saturated rings. The first-order valence-electron chi connectivity index (χ1n) is 14.9. The molecule has 8 rings (SSSR count). The topological polar surface area (TPSA) is 181 Å². The zero-order chi connectivity index (χ0) is 32.3. The van der Waals surface area contributed by atoms with E-state index in [1.807, 2.05) is 13.0 Å². The lowest BCUT2D eigenvalue weighted by atomic mass is 9.79. The van der Waals surface area contributed by atoms with Crippen LogP contribution in [-0.2, 0) is 22.8 Å². The molecular weight excluding hydrogens is 610 g/mol. The zero-order valence-electron chi connectivity index (χ0n) is 25.1. The average Bonchev–Trinajstić information content (AvgIpc) is 3.17. The molecule has 6 N–H and O–H groups in total. The minimum absolute atomic E-state index is 0.0391. The zero-order valence-corrected chi connectivity index (χ0v) is 25.9. The van der Waals surface area contributed by atoms with Gasteiger partial charge < -0.3 is 35.6 Å². The SMILES string of the molecule is COc1c(O)c2c(O)cc(CO)c3c4c(CO)c5c(c6c7c(c8c(c(c1C(C(C)=O)C(C)=C8)c23)c64)=NCCN=7)NC(C(=O)O)CS5. The lowest BCUT2D eigenvalue weighted by Crippen LogP contribution is -2.38. The number of carboxylic acid groups (broad SMARTS) is 1. The number of phenols is 2. The fourth-order valence-corrected chi connectivity index (χ4v) is 9.16. The summed E-state index contributed by atoms with van der Waals surface area (Å²) >= 11 is 1.31. The molecule has 2 atom stereocenters. The maximum absolute atomic E-state index is 13.5. The van der Waals surface area contributed by atoms with Crippen molar-refractivity contribution in [2.24, 2.45) is 9.98 Å². The third kappa shape index (κ3) is 3.46. The molecule has 3 aliphatic rings. The molecule has 0 saturated heterocycles. The van der Waals surface area contributed by atoms with E-state index in [0.29, 0.717) is 99.9 Å². The van der Waals surface area contributed by atoms with Crippen LogP contribution in [0.15, 0.2) is 26.5 Å². The second kappa shape index (κ2) is 9.92. The molecule has 234 valence electrons. The quantitative estimate of drug-likeness (QED) is 0.123. The number of allylic oxidation sites excluding steroid dienone is 1. The molecule has 2 heterocycles. The van der Waals surface area contributed by atoms with Gasteiger partial charge in [0, 0.05) is 48.9 Å². The van der Waals surface area contributed by atoms with E-state index in [-0.39, 0.29) is 34.2 Å². The summed E-state index contributed by atoms with van der Waals surface area (Å²) in [7, 11) is 1.40. The van der Waals surface area contributed by atoms with Crippen molar-refractivity contribution in [1.82, 2.24) is 0 Å². The molecule has 0 spiro atoms. The van der Waals surface area contributed by atoms with Crippen molar-refractivity contribution in [3.8, 4) is 17.2 Å². The number of aliphatic hydroxyl groups excluding tert-OH is 2. The van der Waals surface area contributed by atoms with Crippen molar-refractivity contribution >= 4 is 78.4 Å². The van der Waals surface area contributed by atoms with Crippen LogP contribution in [0, 0.1) is 0 Å². The number of fused-ring (bicyclic) bond motifs is 6. The van der Waals surface area contributed by atoms with Gasteiger partial charge >= 0.3 is 5.97 Å². The first kappa shape index (κ1) is 28.8. The number of ketones is 1. The Balaban J connectivity index is 1.84. The van der Waals surface area contributed by atoms with Crippen LogP contribution >= 0.6 is 11.8 Å². The monoisotopic (exact) mass is 639 g/mol. The van der Waals surface area contributed by atoms with E-state index in [4.69, 9.17) is 14.7 Å². The van der Waals surface area contributed by atoms with Crippen LogP contribution in [-0.4, -0.2) is 69.3 Å². The van der Waals surface area contributed by atoms with Crippen LogP contribution in [0.25, 0.3) is 49.2 Å². The second-order valence-corrected chi connectivity index (χ2v) is 13.0. The number of Topliss-reactive ketones (excluding diaryl/α,β-unsaturated/α-hetero) is 1. The number of hydrogen-bond acceptors (Lipinski definition) is 11. The number of anilines is 1. The molecule has 0 aromatic heterocycles. The Morgan fingerprint density at radius 2 is 1.70 bits per heavy atom. The van der Waals surface area contributed by atoms with E-state index in [2.05, 4.69) is 5.32 Å². The highest BCUT2D eigenvalue weighted by Gasteiger charge is 2.38. The molecule has 5 aromatic carbocycles. The van der Waals surface area contributed by atoms with Crippen molar-refractivity contribution in [2.45, 2.75) is 43.9 Å². The first-order chi connectivity index (χ1) is 22.1. The second-order valence-electron chi connectivity index (χ2n) is 12.0. The highest BCUT2D eigenvalue weighted by atomic mass is 32.2. The molecule has 2 aliphatic heterocycles. The number of carboxylic acids is 1. The number of carbonyl (C=O) groups excluding carboxylic acids is 1. The van der Waals surface area contributed by atoms with E-state index in [1.54, 1.807) is 0 Å². The van der Waals surface area contributed by atoms with Gasteiger partial charge in [0.15, 0.2) is 11.5 Å². The highest BCUT2D eigenvalue weighted by Crippen LogP contribution is 2.58. The summed E-state index contributed by atoms with van der Waals surface area (Å²) < 4.78 is 5.83. The van der Waals surface area contributed by atoms with Crippen LogP contribution < -0.4 is 20.8 Å². The Bertz CT molecular complexity index is 2420. The van der Waals surface area contributed by atoms with Crippen molar-refractivity contribution in [3.63, 3.8) is 0 Å². The smallest absolute Gasteiger partial charge is 0.326 e. The highest BCUT2D eigenvalue weighted by molar-refractivity contribution is 7.99. The predicted molar refractivity (Wildman–Crippen MR) is 174 cm³/mol. The van der Waals surface area contributed by atoms with Gasteiger partial charge in [-0.1, -0.05) is 11.6 Å². The van der Waals surface area contributed by atoms with Crippen LogP contribution in [0.4, 0.5) is 5.69 Å². The van der Waals surface area contributed by atoms with Gasteiger partial charge in [-0.15, -0.1) is 11.8 Å². The molecular formula is C34H29N3O8S. The van der Waals surface area contributed by atoms with Crippen LogP contribution in [0.3, 0.4) is 0 Å². The molecule has 0 radical (unpaired) electrons. The normalized spacial score (nSPS) is 18.6. The van der Waals surface area contributed by atoms with Gasteiger partial charge in [0.05, 0.1) is 61.1 Å². The van der Waals surface area contributed by atoms with Gasteiger partial charge in [0.2, 0.25) is 0 Å². The van der Waals surface area contributed by atoms with Crippen molar-refractivity contribution < 1.29 is 39.9 Å². The summed E-state index contributed by atoms with van der Waals surface area (Å²) in [5.74, 6) is -2.43. The number of aliphatic hydroxyl groups is 2. The maximum Gasteiger partial charge on any atom is 0.326 e. The third-order valence-electron chi connectivity index (χ3n) is 9.60. The summed E-state index contributed by atoms with van der Waals surface area (Å²) in [5.41, 5.74) is 3.16. The minimum Gasteiger partial charge on any atom is -0.507 e. The number of methoxy groups -OCH3 is 1. The van der Waals surface area contributed by atoms with Crippen molar-refractivity contribution in [3.05, 3.63) is 44.6 Å². The third-order valence-corrected chi connectivity index (χ3v) is 10.8. The number of phenolic OH excluding ortho intramolecular Hbond substituents is 2. The number of aromatic hydroxyl groups is 2. The van der Waals surface area contributed by atoms with E-state index in [0.717, 1.165) is 0 Å². The Hall–Kier alpha value is -4.65. The van der Waals surface area contributed by atoms with Gasteiger partial charge in [-0.25, -0.2) is 4.79 Å². The number of carbonyl (C=O) groups is 2. The predicted octanol–water partition coefficient (Wildman–Crippen LogP) is 3.45. The molecule has 1 aliphatic carbocycles. The van der Waals surface area contributed by atoms with Crippen LogP contribution in [0.1, 0.15) is 42.0 Å². The van der Waals surface area contributed by atoms with E-state index >= 15 is 0 Å². The number of nitrogens with one attached hydrogen (secondary N) is 1. The van der Waals surface area contributed by atoms with E-state index in [1.165, 1.54) is 31.9 Å². The van der Waals surface area contributed by atoms with Gasteiger partial charge in [-0.3, -0.25) is 14.8 Å². The standard InChI is InChI=1S/C34H29N3O8S/c1-11-6-14-20-24-21(15(9-39)33-30(37-16(10-46-33)34(43)44)27(24)29-28(14)35-4-5-36-29)19-13(8-38)7-17(41)22-23(19)25(20)26(18(11)12(2)40)32(45-3)31(22)42/h6-7,16,18,37-39,41-42H,4-5,8-10H2,1-3H3,(H,43,44). The largest absolute Gasteiger partial charge is 0.507 e. The van der Waals surface area contributed by atoms with E-state index < -0.39 is 31.1 Å². The molecule has 5 aromatic rings. The number of aliphatic carboxylic acids is 1. The number of nitrogens with zero attached hydrogens (tertiary/aromatic N) is 2. The summed E-state index contributed by atoms with van der Waals surface area (Å²) in [5, 5.41) is 63.4. The summed E-state index contributed by atoms with van der Waals surface area (Å²) in [6.07, 6.45) is 1.91. The minimum atomic E-state index is -1.02.